The number of hydrogen-bond acceptors (Lipinski definition) is 11. The van der Waals surface area contributed by atoms with Crippen LogP contribution in [0.1, 0.15) is 92.5 Å². The monoisotopic (exact) mass is 957 g/mol. The van der Waals surface area contributed by atoms with Crippen LogP contribution < -0.4 is 31.3 Å². The molecule has 0 aliphatic heterocycles. The number of nitrogens with zero attached hydrogens (tertiary/aromatic N) is 8. The van der Waals surface area contributed by atoms with Crippen molar-refractivity contribution in [2.45, 2.75) is 90.3 Å². The molecule has 8 aromatic rings. The zero-order chi connectivity index (χ0) is 39.0. The molecule has 4 saturated carbocycles. The van der Waals surface area contributed by atoms with Crippen molar-refractivity contribution in [3.63, 3.8) is 0 Å². The van der Waals surface area contributed by atoms with Gasteiger partial charge in [0.1, 0.15) is 5.69 Å². The molecule has 4 aliphatic rings. The van der Waals surface area contributed by atoms with Gasteiger partial charge in [-0.05, 0) is 32.1 Å². The standard InChI is InChI=1S/C42H42IN10OS4/c1-52-18-48-37-29(52)12-21(16-46-37)27-14-25(19-6-7-19)32-34(44)36(55-40(32)49-27)43-57-31-11-10-24(31)39-51-38-30(53(39)2)13-22(17-47-38)28-15-26(20-8-9-20)33-35(45)42(56-41(33)50-28)58(54)23-4-3-5-23/h12-20,23-24,31,54,57H,3-11,44-45H2,1-2H3/q+1. The van der Waals surface area contributed by atoms with Crippen molar-refractivity contribution in [1.82, 2.24) is 39.0 Å². The molecule has 0 spiro atoms. The van der Waals surface area contributed by atoms with Gasteiger partial charge in [0.15, 0.2) is 16.4 Å². The first-order chi connectivity index (χ1) is 28.3. The van der Waals surface area contributed by atoms with Crippen molar-refractivity contribution in [2.24, 2.45) is 14.1 Å². The number of halogens is 1. The van der Waals surface area contributed by atoms with Crippen LogP contribution >= 0.6 is 22.7 Å². The first-order valence-electron chi connectivity index (χ1n) is 20.1. The Bertz CT molecular complexity index is 2980. The zero-order valence-corrected chi connectivity index (χ0v) is 37.5. The number of imidazole rings is 2. The maximum atomic E-state index is 11.2. The number of thiophene rings is 2. The number of pyridine rings is 4. The van der Waals surface area contributed by atoms with Gasteiger partial charge >= 0.3 is 293 Å². The molecule has 58 heavy (non-hydrogen) atoms. The molecule has 5 N–H and O–H groups in total. The molecule has 0 amide bonds. The molecule has 8 heterocycles. The number of nitrogen functional groups attached to an aromatic ring is 2. The molecular weight excluding hydrogens is 916 g/mol. The predicted molar refractivity (Wildman–Crippen MR) is 236 cm³/mol. The Kier molecular flexibility index (Phi) is 8.60. The fourth-order valence-corrected chi connectivity index (χ4v) is 21.1. The molecule has 0 saturated heterocycles. The molecule has 11 nitrogen and oxygen atoms in total. The van der Waals surface area contributed by atoms with E-state index in [0.717, 1.165) is 101 Å². The van der Waals surface area contributed by atoms with E-state index in [1.165, 1.54) is 66.9 Å². The molecule has 296 valence electrons. The summed E-state index contributed by atoms with van der Waals surface area (Å²) in [4.78, 5) is 31.5. The van der Waals surface area contributed by atoms with Crippen molar-refractivity contribution in [2.75, 3.05) is 11.5 Å². The average Bonchev–Trinajstić information content (AvgIpc) is 4.12. The quantitative estimate of drug-likeness (QED) is 0.0894. The third-order valence-electron chi connectivity index (χ3n) is 12.7. The van der Waals surface area contributed by atoms with Gasteiger partial charge in [-0.2, -0.15) is 4.55 Å². The van der Waals surface area contributed by atoms with E-state index in [1.807, 2.05) is 41.7 Å². The van der Waals surface area contributed by atoms with Crippen LogP contribution in [0.2, 0.25) is 0 Å². The summed E-state index contributed by atoms with van der Waals surface area (Å²) in [6.07, 6.45) is 16.1. The van der Waals surface area contributed by atoms with Gasteiger partial charge in [-0.1, -0.05) is 0 Å². The fourth-order valence-electron chi connectivity index (χ4n) is 8.66. The molecule has 0 aromatic carbocycles. The van der Waals surface area contributed by atoms with E-state index in [1.54, 1.807) is 11.3 Å². The number of hydrogen-bond donors (Lipinski definition) is 3. The number of nitrogens with two attached hydrogens (primary N) is 2. The second-order valence-corrected chi connectivity index (χ2v) is 26.4. The first-order valence-corrected chi connectivity index (χ1v) is 27.8. The van der Waals surface area contributed by atoms with Gasteiger partial charge in [0, 0.05) is 0 Å². The Balaban J connectivity index is 0.816. The van der Waals surface area contributed by atoms with Crippen LogP contribution in [0, 0.1) is 2.88 Å². The van der Waals surface area contributed by atoms with Crippen LogP contribution in [0.5, 0.6) is 0 Å². The Labute approximate surface area is 358 Å². The third kappa shape index (κ3) is 5.90. The summed E-state index contributed by atoms with van der Waals surface area (Å²) in [5.41, 5.74) is 25.6. The second-order valence-electron chi connectivity index (χ2n) is 16.5. The molecule has 16 heteroatoms. The van der Waals surface area contributed by atoms with Crippen LogP contribution in [0.3, 0.4) is 0 Å². The van der Waals surface area contributed by atoms with E-state index in [4.69, 9.17) is 31.4 Å². The van der Waals surface area contributed by atoms with Crippen molar-refractivity contribution >= 4 is 96.9 Å². The van der Waals surface area contributed by atoms with E-state index in [9.17, 15) is 4.55 Å². The van der Waals surface area contributed by atoms with E-state index in [0.29, 0.717) is 28.3 Å². The Morgan fingerprint density at radius 2 is 1.41 bits per heavy atom. The predicted octanol–water partition coefficient (Wildman–Crippen LogP) is 5.66. The SMILES string of the molecule is Cn1cnc2ncc(-c3cc(C4CC4)c4c(N)c([I-][SH+]C5CCC5c5nc6ncc(-c7cc(C8CC8)c8c(N)c([S+](O)C9CCC9)sc8n7)cc6n5C)sc4n3)cc21. The first kappa shape index (κ1) is 36.3. The molecule has 0 radical (unpaired) electrons. The summed E-state index contributed by atoms with van der Waals surface area (Å²) in [6.45, 7) is 0. The van der Waals surface area contributed by atoms with Crippen molar-refractivity contribution < 1.29 is 24.4 Å². The van der Waals surface area contributed by atoms with E-state index in [-0.39, 0.29) is 19.8 Å². The summed E-state index contributed by atoms with van der Waals surface area (Å²) in [5, 5.41) is 3.13. The summed E-state index contributed by atoms with van der Waals surface area (Å²) < 4.78 is 17.8. The van der Waals surface area contributed by atoms with Crippen molar-refractivity contribution in [3.8, 4) is 22.5 Å². The fraction of sp³-hybridized carbons (Fsp3) is 0.381. The van der Waals surface area contributed by atoms with E-state index < -0.39 is 11.2 Å². The minimum absolute atomic E-state index is 0.333. The normalized spacial score (nSPS) is 20.5. The molecule has 3 unspecified atom stereocenters. The van der Waals surface area contributed by atoms with Crippen LogP contribution in [0.4, 0.5) is 11.4 Å². The second kappa shape index (κ2) is 13.7. The van der Waals surface area contributed by atoms with Gasteiger partial charge < -0.3 is 5.73 Å². The summed E-state index contributed by atoms with van der Waals surface area (Å²) in [6, 6.07) is 8.87. The molecule has 3 atom stereocenters. The Morgan fingerprint density at radius 1 is 0.759 bits per heavy atom. The van der Waals surface area contributed by atoms with Gasteiger partial charge in [-0.3, -0.25) is 0 Å². The number of rotatable bonds is 10. The number of aryl methyl sites for hydroxylation is 2. The molecule has 8 aromatic heterocycles. The average molecular weight is 958 g/mol. The van der Waals surface area contributed by atoms with E-state index in [2.05, 4.69) is 45.8 Å². The van der Waals surface area contributed by atoms with Gasteiger partial charge in [-0.25, -0.2) is 0 Å². The maximum absolute atomic E-state index is 11.2. The molecule has 4 fully saturated rings. The summed E-state index contributed by atoms with van der Waals surface area (Å²) in [7, 11) is 5.63. The van der Waals surface area contributed by atoms with Crippen molar-refractivity contribution in [3.05, 3.63) is 62.8 Å². The number of fused-ring (bicyclic) bond motifs is 4. The number of aromatic nitrogens is 8. The zero-order valence-electron chi connectivity index (χ0n) is 32.0. The summed E-state index contributed by atoms with van der Waals surface area (Å²) >= 11 is 2.24. The number of thiol groups is 1. The van der Waals surface area contributed by atoms with Gasteiger partial charge in [0.25, 0.3) is 4.21 Å². The Hall–Kier alpha value is -3.55. The van der Waals surface area contributed by atoms with Crippen LogP contribution in [0.15, 0.2) is 47.2 Å². The molecule has 0 bridgehead atoms. The molecule has 12 rings (SSSR count). The van der Waals surface area contributed by atoms with E-state index >= 15 is 0 Å². The van der Waals surface area contributed by atoms with Crippen LogP contribution in [0.25, 0.3) is 65.3 Å². The van der Waals surface area contributed by atoms with Gasteiger partial charge in [-0.15, -0.1) is 0 Å². The minimum atomic E-state index is -0.821. The molecule has 4 aliphatic carbocycles. The van der Waals surface area contributed by atoms with Gasteiger partial charge in [0.2, 0.25) is 0 Å². The van der Waals surface area contributed by atoms with Gasteiger partial charge in [0.05, 0.1) is 0 Å². The summed E-state index contributed by atoms with van der Waals surface area (Å²) in [5.74, 6) is 2.57. The topological polar surface area (TPSA) is 159 Å². The van der Waals surface area contributed by atoms with Crippen LogP contribution in [-0.4, -0.2) is 54.1 Å². The Morgan fingerprint density at radius 3 is 2.05 bits per heavy atom. The van der Waals surface area contributed by atoms with Crippen LogP contribution in [-0.2, 0) is 34.2 Å². The number of anilines is 2. The molecular formula is C42H42IN10OS4+. The van der Waals surface area contributed by atoms with Crippen molar-refractivity contribution in [1.29, 1.82) is 0 Å². The third-order valence-corrected chi connectivity index (χ3v) is 25.0.